The molecule has 1 saturated heterocycles. The average Bonchev–Trinajstić information content (AvgIpc) is 2.17. The summed E-state index contributed by atoms with van der Waals surface area (Å²) in [7, 11) is 0. The fourth-order valence-corrected chi connectivity index (χ4v) is 2.44. The van der Waals surface area contributed by atoms with E-state index < -0.39 is 0 Å². The van der Waals surface area contributed by atoms with Crippen molar-refractivity contribution in [2.24, 2.45) is 0 Å². The predicted octanol–water partition coefficient (Wildman–Crippen LogP) is 3.21. The van der Waals surface area contributed by atoms with Crippen LogP contribution in [0.4, 0.5) is 0 Å². The molecule has 1 fully saturated rings. The van der Waals surface area contributed by atoms with Crippen molar-refractivity contribution in [2.75, 3.05) is 6.61 Å². The molecule has 1 N–H and O–H groups in total. The van der Waals surface area contributed by atoms with E-state index in [-0.39, 0.29) is 12.2 Å². The van der Waals surface area contributed by atoms with E-state index in [2.05, 4.69) is 0 Å². The number of halogens is 2. The van der Waals surface area contributed by atoms with Crippen LogP contribution in [0.15, 0.2) is 18.2 Å². The van der Waals surface area contributed by atoms with Crippen molar-refractivity contribution < 1.29 is 9.84 Å². The lowest BCUT2D eigenvalue weighted by Crippen LogP contribution is -2.23. The lowest BCUT2D eigenvalue weighted by molar-refractivity contribution is -0.0446. The van der Waals surface area contributed by atoms with Crippen molar-refractivity contribution in [3.05, 3.63) is 33.8 Å². The Labute approximate surface area is 98.8 Å². The number of ether oxygens (including phenoxy) is 1. The van der Waals surface area contributed by atoms with Gasteiger partial charge in [0.2, 0.25) is 0 Å². The highest BCUT2D eigenvalue weighted by atomic mass is 35.5. The third-order valence-corrected chi connectivity index (χ3v) is 3.24. The Kier molecular flexibility index (Phi) is 3.52. The molecule has 1 aromatic carbocycles. The number of benzene rings is 1. The Bertz CT molecular complexity index is 334. The van der Waals surface area contributed by atoms with Crippen molar-refractivity contribution in [2.45, 2.75) is 25.0 Å². The Balaban J connectivity index is 2.28. The van der Waals surface area contributed by atoms with Crippen LogP contribution in [0.5, 0.6) is 0 Å². The van der Waals surface area contributed by atoms with Gasteiger partial charge in [0.15, 0.2) is 0 Å². The van der Waals surface area contributed by atoms with Gasteiger partial charge in [-0.15, -0.1) is 0 Å². The molecular formula is C11H12Cl2O2. The maximum absolute atomic E-state index is 9.56. The Hall–Kier alpha value is -0.280. The minimum atomic E-state index is -0.323. The zero-order valence-electron chi connectivity index (χ0n) is 8.12. The van der Waals surface area contributed by atoms with Crippen molar-refractivity contribution in [1.29, 1.82) is 0 Å². The summed E-state index contributed by atoms with van der Waals surface area (Å²) < 4.78 is 5.57. The molecule has 2 nitrogen and oxygen atoms in total. The second-order valence-electron chi connectivity index (χ2n) is 3.67. The Morgan fingerprint density at radius 1 is 1.27 bits per heavy atom. The van der Waals surface area contributed by atoms with Gasteiger partial charge in [-0.2, -0.15) is 0 Å². The number of hydrogen-bond donors (Lipinski definition) is 1. The minimum absolute atomic E-state index is 0.185. The number of aliphatic hydroxyl groups excluding tert-OH is 1. The lowest BCUT2D eigenvalue weighted by atomic mass is 9.99. The highest BCUT2D eigenvalue weighted by Gasteiger charge is 2.25. The topological polar surface area (TPSA) is 29.5 Å². The van der Waals surface area contributed by atoms with E-state index in [0.717, 1.165) is 5.56 Å². The molecule has 4 heteroatoms. The standard InChI is InChI=1S/C11H12Cl2O2/c12-8-2-1-3-9(13)11(8)10-6-7(14)4-5-15-10/h1-3,7,10,14H,4-6H2. The van der Waals surface area contributed by atoms with E-state index in [1.54, 1.807) is 18.2 Å². The van der Waals surface area contributed by atoms with Gasteiger partial charge >= 0.3 is 0 Å². The number of rotatable bonds is 1. The van der Waals surface area contributed by atoms with E-state index in [0.29, 0.717) is 29.5 Å². The molecule has 0 aromatic heterocycles. The van der Waals surface area contributed by atoms with E-state index in [1.165, 1.54) is 0 Å². The van der Waals surface area contributed by atoms with Gasteiger partial charge < -0.3 is 9.84 Å². The van der Waals surface area contributed by atoms with Crippen LogP contribution in [-0.2, 0) is 4.74 Å². The van der Waals surface area contributed by atoms with Gasteiger partial charge in [-0.1, -0.05) is 29.3 Å². The fourth-order valence-electron chi connectivity index (χ4n) is 1.80. The molecule has 0 spiro atoms. The Morgan fingerprint density at radius 2 is 1.93 bits per heavy atom. The second kappa shape index (κ2) is 4.71. The number of aliphatic hydroxyl groups is 1. The molecule has 0 amide bonds. The van der Waals surface area contributed by atoms with Crippen LogP contribution >= 0.6 is 23.2 Å². The van der Waals surface area contributed by atoms with Crippen molar-refractivity contribution >= 4 is 23.2 Å². The molecule has 0 radical (unpaired) electrons. The summed E-state index contributed by atoms with van der Waals surface area (Å²) in [6.45, 7) is 0.549. The number of hydrogen-bond acceptors (Lipinski definition) is 2. The van der Waals surface area contributed by atoms with Crippen LogP contribution in [0.2, 0.25) is 10.0 Å². The lowest BCUT2D eigenvalue weighted by Gasteiger charge is -2.27. The molecule has 82 valence electrons. The first-order chi connectivity index (χ1) is 7.18. The molecule has 0 aliphatic carbocycles. The molecular weight excluding hydrogens is 235 g/mol. The first kappa shape index (κ1) is 11.2. The third kappa shape index (κ3) is 2.45. The normalized spacial score (nSPS) is 26.6. The van der Waals surface area contributed by atoms with Gasteiger partial charge in [-0.3, -0.25) is 0 Å². The van der Waals surface area contributed by atoms with E-state index in [1.807, 2.05) is 0 Å². The average molecular weight is 247 g/mol. The smallest absolute Gasteiger partial charge is 0.0878 e. The maximum Gasteiger partial charge on any atom is 0.0878 e. The molecule has 1 aliphatic heterocycles. The monoisotopic (exact) mass is 246 g/mol. The summed E-state index contributed by atoms with van der Waals surface area (Å²) in [4.78, 5) is 0. The highest BCUT2D eigenvalue weighted by molar-refractivity contribution is 6.36. The van der Waals surface area contributed by atoms with Gasteiger partial charge in [0, 0.05) is 28.6 Å². The van der Waals surface area contributed by atoms with Crippen LogP contribution in [0.25, 0.3) is 0 Å². The summed E-state index contributed by atoms with van der Waals surface area (Å²) in [5, 5.41) is 10.8. The molecule has 2 atom stereocenters. The quantitative estimate of drug-likeness (QED) is 0.825. The molecule has 1 heterocycles. The largest absolute Gasteiger partial charge is 0.393 e. The molecule has 15 heavy (non-hydrogen) atoms. The van der Waals surface area contributed by atoms with Gasteiger partial charge in [-0.25, -0.2) is 0 Å². The Morgan fingerprint density at radius 3 is 2.53 bits per heavy atom. The summed E-state index contributed by atoms with van der Waals surface area (Å²) in [5.74, 6) is 0. The van der Waals surface area contributed by atoms with Crippen molar-refractivity contribution in [3.8, 4) is 0 Å². The summed E-state index contributed by atoms with van der Waals surface area (Å²) >= 11 is 12.1. The van der Waals surface area contributed by atoms with Crippen LogP contribution in [0.1, 0.15) is 24.5 Å². The molecule has 2 unspecified atom stereocenters. The second-order valence-corrected chi connectivity index (χ2v) is 4.49. The zero-order chi connectivity index (χ0) is 10.8. The fraction of sp³-hybridized carbons (Fsp3) is 0.455. The zero-order valence-corrected chi connectivity index (χ0v) is 9.63. The van der Waals surface area contributed by atoms with E-state index in [9.17, 15) is 5.11 Å². The van der Waals surface area contributed by atoms with E-state index in [4.69, 9.17) is 27.9 Å². The summed E-state index contributed by atoms with van der Waals surface area (Å²) in [6, 6.07) is 5.37. The highest BCUT2D eigenvalue weighted by Crippen LogP contribution is 2.37. The molecule has 2 rings (SSSR count). The molecule has 1 aromatic rings. The molecule has 0 saturated carbocycles. The van der Waals surface area contributed by atoms with Gasteiger partial charge in [0.05, 0.1) is 12.2 Å². The van der Waals surface area contributed by atoms with Crippen molar-refractivity contribution in [3.63, 3.8) is 0 Å². The molecule has 0 bridgehead atoms. The SMILES string of the molecule is OC1CCOC(c2c(Cl)cccc2Cl)C1. The van der Waals surface area contributed by atoms with Gasteiger partial charge in [0.1, 0.15) is 0 Å². The van der Waals surface area contributed by atoms with Gasteiger partial charge in [0.25, 0.3) is 0 Å². The first-order valence-corrected chi connectivity index (χ1v) is 5.67. The minimum Gasteiger partial charge on any atom is -0.393 e. The van der Waals surface area contributed by atoms with Gasteiger partial charge in [-0.05, 0) is 18.6 Å². The van der Waals surface area contributed by atoms with Crippen LogP contribution < -0.4 is 0 Å². The van der Waals surface area contributed by atoms with Crippen LogP contribution in [-0.4, -0.2) is 17.8 Å². The van der Waals surface area contributed by atoms with E-state index >= 15 is 0 Å². The summed E-state index contributed by atoms with van der Waals surface area (Å²) in [5.41, 5.74) is 0.791. The van der Waals surface area contributed by atoms with Crippen LogP contribution in [0, 0.1) is 0 Å². The maximum atomic E-state index is 9.56. The third-order valence-electron chi connectivity index (χ3n) is 2.58. The van der Waals surface area contributed by atoms with Crippen molar-refractivity contribution in [1.82, 2.24) is 0 Å². The first-order valence-electron chi connectivity index (χ1n) is 4.92. The predicted molar refractivity (Wildman–Crippen MR) is 60.4 cm³/mol. The molecule has 1 aliphatic rings. The van der Waals surface area contributed by atoms with Crippen LogP contribution in [0.3, 0.4) is 0 Å². The summed E-state index contributed by atoms with van der Waals surface area (Å²) in [6.07, 6.45) is 0.730.